The van der Waals surface area contributed by atoms with Gasteiger partial charge in [-0.05, 0) is 63.1 Å². The number of carbonyl (C=O) groups excluding carboxylic acids is 2. The van der Waals surface area contributed by atoms with Crippen LogP contribution < -0.4 is 5.48 Å². The molecular formula is C29H41N5O3. The summed E-state index contributed by atoms with van der Waals surface area (Å²) in [5.74, 6) is -0.413. The number of amides is 2. The van der Waals surface area contributed by atoms with Crippen LogP contribution in [0.5, 0.6) is 0 Å². The topological polar surface area (TPSA) is 79.4 Å². The number of nitrogens with zero attached hydrogens (tertiary/aromatic N) is 4. The molecule has 0 radical (unpaired) electrons. The van der Waals surface area contributed by atoms with Crippen molar-refractivity contribution in [2.45, 2.75) is 58.9 Å². The van der Waals surface area contributed by atoms with Gasteiger partial charge in [-0.3, -0.25) is 29.5 Å². The number of hydroxylamine groups is 1. The van der Waals surface area contributed by atoms with Gasteiger partial charge in [0.1, 0.15) is 0 Å². The van der Waals surface area contributed by atoms with Crippen LogP contribution in [0.25, 0.3) is 0 Å². The third kappa shape index (κ3) is 6.76. The number of nitrogens with one attached hydrogen (secondary N) is 1. The Morgan fingerprint density at radius 2 is 1.49 bits per heavy atom. The molecule has 2 aromatic carbocycles. The van der Waals surface area contributed by atoms with Crippen molar-refractivity contribution in [1.82, 2.24) is 25.1 Å². The predicted octanol–water partition coefficient (Wildman–Crippen LogP) is 3.07. The summed E-state index contributed by atoms with van der Waals surface area (Å²) in [5.41, 5.74) is 5.14. The van der Waals surface area contributed by atoms with Gasteiger partial charge in [0.15, 0.2) is 0 Å². The first kappa shape index (κ1) is 27.3. The third-order valence-corrected chi connectivity index (χ3v) is 7.67. The molecule has 2 N–H and O–H groups in total. The van der Waals surface area contributed by atoms with Crippen LogP contribution >= 0.6 is 0 Å². The molecule has 8 nitrogen and oxygen atoms in total. The second kappa shape index (κ2) is 12.2. The molecule has 0 aliphatic carbocycles. The molecule has 200 valence electrons. The molecule has 2 heterocycles. The smallest absolute Gasteiger partial charge is 0.274 e. The predicted molar refractivity (Wildman–Crippen MR) is 144 cm³/mol. The summed E-state index contributed by atoms with van der Waals surface area (Å²) in [6, 6.07) is 16.2. The molecule has 0 saturated carbocycles. The van der Waals surface area contributed by atoms with Crippen LogP contribution in [0.4, 0.5) is 0 Å². The van der Waals surface area contributed by atoms with Crippen molar-refractivity contribution in [1.29, 1.82) is 0 Å². The lowest BCUT2D eigenvalue weighted by molar-refractivity contribution is 0.0268. The Balaban J connectivity index is 1.35. The van der Waals surface area contributed by atoms with Crippen molar-refractivity contribution >= 4 is 11.8 Å². The van der Waals surface area contributed by atoms with Crippen LogP contribution in [0.1, 0.15) is 59.5 Å². The zero-order valence-corrected chi connectivity index (χ0v) is 22.6. The number of rotatable bonds is 7. The summed E-state index contributed by atoms with van der Waals surface area (Å²) in [4.78, 5) is 34.6. The van der Waals surface area contributed by atoms with Gasteiger partial charge >= 0.3 is 0 Å². The van der Waals surface area contributed by atoms with Crippen LogP contribution in [-0.4, -0.2) is 94.0 Å². The SMILES string of the molecule is CC(C)N1CCN(Cc2cccc(C(=O)N3C(C)CN(Cc4ccc(C(=O)NO)cc4)CC3C)c2)CC1. The normalized spacial score (nSPS) is 21.8. The molecule has 8 heteroatoms. The second-order valence-electron chi connectivity index (χ2n) is 10.8. The molecule has 0 bridgehead atoms. The largest absolute Gasteiger partial charge is 0.331 e. The van der Waals surface area contributed by atoms with Crippen molar-refractivity contribution < 1.29 is 14.8 Å². The molecule has 0 spiro atoms. The molecule has 2 amide bonds. The lowest BCUT2D eigenvalue weighted by atomic mass is 10.0. The van der Waals surface area contributed by atoms with E-state index in [1.807, 2.05) is 29.2 Å². The lowest BCUT2D eigenvalue weighted by Crippen LogP contribution is -2.58. The van der Waals surface area contributed by atoms with Crippen LogP contribution in [0.15, 0.2) is 48.5 Å². The van der Waals surface area contributed by atoms with Gasteiger partial charge in [0.2, 0.25) is 0 Å². The molecule has 2 aromatic rings. The van der Waals surface area contributed by atoms with E-state index in [-0.39, 0.29) is 18.0 Å². The Labute approximate surface area is 220 Å². The van der Waals surface area contributed by atoms with Crippen LogP contribution in [0.3, 0.4) is 0 Å². The first-order valence-corrected chi connectivity index (χ1v) is 13.4. The molecule has 0 aromatic heterocycles. The van der Waals surface area contributed by atoms with E-state index >= 15 is 0 Å². The van der Waals surface area contributed by atoms with E-state index in [1.54, 1.807) is 17.6 Å². The Bertz CT molecular complexity index is 1050. The van der Waals surface area contributed by atoms with Crippen LogP contribution in [0.2, 0.25) is 0 Å². The van der Waals surface area contributed by atoms with E-state index in [9.17, 15) is 9.59 Å². The molecule has 4 rings (SSSR count). The second-order valence-corrected chi connectivity index (χ2v) is 10.8. The minimum Gasteiger partial charge on any atom is -0.331 e. The fraction of sp³-hybridized carbons (Fsp3) is 0.517. The average molecular weight is 508 g/mol. The third-order valence-electron chi connectivity index (χ3n) is 7.67. The van der Waals surface area contributed by atoms with Gasteiger partial charge in [0, 0.05) is 81.6 Å². The zero-order chi connectivity index (χ0) is 26.5. The quantitative estimate of drug-likeness (QED) is 0.443. The molecule has 2 atom stereocenters. The van der Waals surface area contributed by atoms with Gasteiger partial charge in [-0.15, -0.1) is 0 Å². The highest BCUT2D eigenvalue weighted by atomic mass is 16.5. The van der Waals surface area contributed by atoms with E-state index in [2.05, 4.69) is 54.5 Å². The summed E-state index contributed by atoms with van der Waals surface area (Å²) in [7, 11) is 0. The molecule has 2 aliphatic rings. The lowest BCUT2D eigenvalue weighted by Gasteiger charge is -2.44. The van der Waals surface area contributed by atoms with Crippen molar-refractivity contribution in [3.8, 4) is 0 Å². The average Bonchev–Trinajstić information content (AvgIpc) is 2.88. The van der Waals surface area contributed by atoms with Crippen molar-refractivity contribution in [2.24, 2.45) is 0 Å². The number of benzene rings is 2. The van der Waals surface area contributed by atoms with Crippen LogP contribution in [-0.2, 0) is 13.1 Å². The van der Waals surface area contributed by atoms with Gasteiger partial charge in [0.25, 0.3) is 11.8 Å². The highest BCUT2D eigenvalue weighted by Crippen LogP contribution is 2.22. The van der Waals surface area contributed by atoms with Crippen LogP contribution in [0, 0.1) is 0 Å². The molecule has 2 unspecified atom stereocenters. The molecule has 37 heavy (non-hydrogen) atoms. The zero-order valence-electron chi connectivity index (χ0n) is 22.6. The number of carbonyl (C=O) groups is 2. The van der Waals surface area contributed by atoms with Gasteiger partial charge in [0.05, 0.1) is 0 Å². The summed E-state index contributed by atoms with van der Waals surface area (Å²) in [6.45, 7) is 16.3. The molecule has 2 fully saturated rings. The number of piperazine rings is 2. The summed E-state index contributed by atoms with van der Waals surface area (Å²) in [6.07, 6.45) is 0. The van der Waals surface area contributed by atoms with Gasteiger partial charge in [-0.25, -0.2) is 5.48 Å². The first-order chi connectivity index (χ1) is 17.7. The molecule has 2 aliphatic heterocycles. The molecule has 2 saturated heterocycles. The van der Waals surface area contributed by atoms with Gasteiger partial charge < -0.3 is 4.90 Å². The fourth-order valence-electron chi connectivity index (χ4n) is 5.69. The Morgan fingerprint density at radius 3 is 2.08 bits per heavy atom. The van der Waals surface area contributed by atoms with E-state index in [0.29, 0.717) is 11.6 Å². The highest BCUT2D eigenvalue weighted by molar-refractivity contribution is 5.95. The Hall–Kier alpha value is -2.78. The maximum atomic E-state index is 13.6. The minimum absolute atomic E-state index is 0.0865. The van der Waals surface area contributed by atoms with E-state index < -0.39 is 5.91 Å². The van der Waals surface area contributed by atoms with E-state index in [0.717, 1.165) is 63.5 Å². The summed E-state index contributed by atoms with van der Waals surface area (Å²) in [5, 5.41) is 8.80. The highest BCUT2D eigenvalue weighted by Gasteiger charge is 2.33. The maximum Gasteiger partial charge on any atom is 0.274 e. The Morgan fingerprint density at radius 1 is 0.865 bits per heavy atom. The van der Waals surface area contributed by atoms with Gasteiger partial charge in [-0.1, -0.05) is 24.3 Å². The van der Waals surface area contributed by atoms with Gasteiger partial charge in [-0.2, -0.15) is 0 Å². The van der Waals surface area contributed by atoms with E-state index in [4.69, 9.17) is 5.21 Å². The summed E-state index contributed by atoms with van der Waals surface area (Å²) >= 11 is 0. The summed E-state index contributed by atoms with van der Waals surface area (Å²) < 4.78 is 0. The Kier molecular flexibility index (Phi) is 8.97. The standard InChI is InChI=1S/C29H41N5O3/c1-21(2)33-14-12-31(13-15-33)20-25-6-5-7-27(16-25)29(36)34-22(3)17-32(18-23(34)4)19-24-8-10-26(11-9-24)28(35)30-37/h5-11,16,21-23,37H,12-15,17-20H2,1-4H3,(H,30,35). The minimum atomic E-state index is -0.515. The van der Waals surface area contributed by atoms with Crippen molar-refractivity contribution in [2.75, 3.05) is 39.3 Å². The molecular weight excluding hydrogens is 466 g/mol. The van der Waals surface area contributed by atoms with Crippen molar-refractivity contribution in [3.05, 3.63) is 70.8 Å². The van der Waals surface area contributed by atoms with E-state index in [1.165, 1.54) is 5.56 Å². The number of hydrogen-bond donors (Lipinski definition) is 2. The first-order valence-electron chi connectivity index (χ1n) is 13.4. The number of hydrogen-bond acceptors (Lipinski definition) is 6. The maximum absolute atomic E-state index is 13.6. The monoisotopic (exact) mass is 507 g/mol. The van der Waals surface area contributed by atoms with Crippen molar-refractivity contribution in [3.63, 3.8) is 0 Å². The fourth-order valence-corrected chi connectivity index (χ4v) is 5.69.